The monoisotopic (exact) mass is 186 g/mol. The highest BCUT2D eigenvalue weighted by molar-refractivity contribution is 6.40. The smallest absolute Gasteiger partial charge is 0.491 e. The van der Waals surface area contributed by atoms with E-state index in [2.05, 4.69) is 0 Å². The molecule has 0 atom stereocenters. The van der Waals surface area contributed by atoms with Crippen LogP contribution in [0.4, 0.5) is 0 Å². The third-order valence-corrected chi connectivity index (χ3v) is 1.46. The van der Waals surface area contributed by atoms with Crippen LogP contribution >= 0.6 is 11.6 Å². The first-order valence-corrected chi connectivity index (χ1v) is 3.81. The lowest BCUT2D eigenvalue weighted by Crippen LogP contribution is -2.22. The molecule has 0 radical (unpaired) electrons. The van der Waals surface area contributed by atoms with E-state index in [-0.39, 0.29) is 6.51 Å². The van der Waals surface area contributed by atoms with Gasteiger partial charge in [0.1, 0.15) is 12.3 Å². The van der Waals surface area contributed by atoms with Gasteiger partial charge in [-0.3, -0.25) is 0 Å². The molecule has 1 rings (SSSR count). The first-order valence-electron chi connectivity index (χ1n) is 3.43. The molecular weight excluding hydrogens is 178 g/mol. The van der Waals surface area contributed by atoms with Crippen LogP contribution in [-0.2, 0) is 0 Å². The molecule has 5 heteroatoms. The van der Waals surface area contributed by atoms with Gasteiger partial charge < -0.3 is 14.8 Å². The molecule has 12 heavy (non-hydrogen) atoms. The standard InChI is InChI=1S/C7H8BClO3/c9-6-1-3-7(4-2-6)12-5-8(10)11/h1-4,10-11H,5H2. The first-order chi connectivity index (χ1) is 5.68. The first kappa shape index (κ1) is 9.38. The van der Waals surface area contributed by atoms with Crippen molar-refractivity contribution in [2.75, 3.05) is 6.51 Å². The van der Waals surface area contributed by atoms with E-state index in [1.807, 2.05) is 0 Å². The van der Waals surface area contributed by atoms with E-state index in [0.717, 1.165) is 0 Å². The average molecular weight is 186 g/mol. The van der Waals surface area contributed by atoms with Crippen LogP contribution in [0, 0.1) is 0 Å². The van der Waals surface area contributed by atoms with E-state index < -0.39 is 7.12 Å². The van der Waals surface area contributed by atoms with Gasteiger partial charge in [-0.1, -0.05) is 11.6 Å². The van der Waals surface area contributed by atoms with Crippen LogP contribution in [0.2, 0.25) is 5.02 Å². The summed E-state index contributed by atoms with van der Waals surface area (Å²) in [6, 6.07) is 6.65. The van der Waals surface area contributed by atoms with E-state index in [1.165, 1.54) is 0 Å². The van der Waals surface area contributed by atoms with Crippen molar-refractivity contribution in [1.29, 1.82) is 0 Å². The largest absolute Gasteiger partial charge is 0.496 e. The second kappa shape index (κ2) is 4.35. The number of halogens is 1. The molecule has 0 fully saturated rings. The maximum atomic E-state index is 8.47. The van der Waals surface area contributed by atoms with Crippen LogP contribution in [0.1, 0.15) is 0 Å². The summed E-state index contributed by atoms with van der Waals surface area (Å²) in [5.41, 5.74) is 0. The molecule has 0 aliphatic carbocycles. The molecule has 64 valence electrons. The van der Waals surface area contributed by atoms with Crippen molar-refractivity contribution in [3.8, 4) is 5.75 Å². The fourth-order valence-corrected chi connectivity index (χ4v) is 0.828. The predicted octanol–water partition coefficient (Wildman–Crippen LogP) is 0.731. The van der Waals surface area contributed by atoms with E-state index in [1.54, 1.807) is 24.3 Å². The molecule has 0 aliphatic heterocycles. The highest BCUT2D eigenvalue weighted by Gasteiger charge is 2.06. The molecule has 1 aromatic carbocycles. The fourth-order valence-electron chi connectivity index (χ4n) is 0.702. The van der Waals surface area contributed by atoms with Crippen LogP contribution in [0.15, 0.2) is 24.3 Å². The molecule has 0 amide bonds. The van der Waals surface area contributed by atoms with Gasteiger partial charge in [0.2, 0.25) is 0 Å². The minimum Gasteiger partial charge on any atom is -0.496 e. The second-order valence-corrected chi connectivity index (χ2v) is 2.68. The van der Waals surface area contributed by atoms with Gasteiger partial charge in [-0.05, 0) is 24.3 Å². The average Bonchev–Trinajstić information content (AvgIpc) is 2.03. The highest BCUT2D eigenvalue weighted by atomic mass is 35.5. The van der Waals surface area contributed by atoms with Crippen LogP contribution in [0.3, 0.4) is 0 Å². The van der Waals surface area contributed by atoms with Gasteiger partial charge in [0, 0.05) is 5.02 Å². The minimum atomic E-state index is -1.44. The second-order valence-electron chi connectivity index (χ2n) is 2.25. The fraction of sp³-hybridized carbons (Fsp3) is 0.143. The summed E-state index contributed by atoms with van der Waals surface area (Å²) < 4.78 is 4.96. The Morgan fingerprint density at radius 2 is 1.83 bits per heavy atom. The Bertz CT molecular complexity index is 237. The third-order valence-electron chi connectivity index (χ3n) is 1.21. The van der Waals surface area contributed by atoms with Gasteiger partial charge in [0.15, 0.2) is 0 Å². The Balaban J connectivity index is 2.48. The summed E-state index contributed by atoms with van der Waals surface area (Å²) in [5, 5.41) is 17.6. The summed E-state index contributed by atoms with van der Waals surface area (Å²) in [6.45, 7) is -0.137. The van der Waals surface area contributed by atoms with Crippen LogP contribution in [0.25, 0.3) is 0 Å². The molecule has 0 bridgehead atoms. The lowest BCUT2D eigenvalue weighted by molar-refractivity contribution is 0.306. The zero-order valence-electron chi connectivity index (χ0n) is 6.27. The van der Waals surface area contributed by atoms with Gasteiger partial charge in [0.05, 0.1) is 0 Å². The highest BCUT2D eigenvalue weighted by Crippen LogP contribution is 2.15. The molecular formula is C7H8BClO3. The summed E-state index contributed by atoms with van der Waals surface area (Å²) in [6.07, 6.45) is 0. The predicted molar refractivity (Wildman–Crippen MR) is 47.1 cm³/mol. The summed E-state index contributed by atoms with van der Waals surface area (Å²) in [5.74, 6) is 0.563. The quantitative estimate of drug-likeness (QED) is 0.684. The van der Waals surface area contributed by atoms with E-state index in [9.17, 15) is 0 Å². The Hall–Kier alpha value is -0.705. The molecule has 0 heterocycles. The van der Waals surface area contributed by atoms with Crippen molar-refractivity contribution in [2.24, 2.45) is 0 Å². The molecule has 2 N–H and O–H groups in total. The Morgan fingerprint density at radius 3 is 2.33 bits per heavy atom. The molecule has 0 aliphatic rings. The SMILES string of the molecule is OB(O)COc1ccc(Cl)cc1. The Labute approximate surface area is 75.7 Å². The number of hydrogen-bond donors (Lipinski definition) is 2. The van der Waals surface area contributed by atoms with Gasteiger partial charge in [0.25, 0.3) is 0 Å². The Morgan fingerprint density at radius 1 is 1.25 bits per heavy atom. The summed E-state index contributed by atoms with van der Waals surface area (Å²) in [7, 11) is -1.44. The summed E-state index contributed by atoms with van der Waals surface area (Å²) in [4.78, 5) is 0. The van der Waals surface area contributed by atoms with Gasteiger partial charge in [-0.15, -0.1) is 0 Å². The van der Waals surface area contributed by atoms with E-state index >= 15 is 0 Å². The molecule has 1 aromatic rings. The molecule has 0 spiro atoms. The zero-order chi connectivity index (χ0) is 8.97. The number of rotatable bonds is 3. The zero-order valence-corrected chi connectivity index (χ0v) is 7.03. The van der Waals surface area contributed by atoms with Crippen molar-refractivity contribution in [2.45, 2.75) is 0 Å². The van der Waals surface area contributed by atoms with Gasteiger partial charge in [-0.2, -0.15) is 0 Å². The van der Waals surface area contributed by atoms with E-state index in [4.69, 9.17) is 26.4 Å². The summed E-state index contributed by atoms with van der Waals surface area (Å²) >= 11 is 5.62. The number of hydrogen-bond acceptors (Lipinski definition) is 3. The van der Waals surface area contributed by atoms with E-state index in [0.29, 0.717) is 10.8 Å². The van der Waals surface area contributed by atoms with Gasteiger partial charge in [-0.25, -0.2) is 0 Å². The number of ether oxygens (including phenoxy) is 1. The van der Waals surface area contributed by atoms with Crippen LogP contribution in [-0.4, -0.2) is 23.7 Å². The van der Waals surface area contributed by atoms with Crippen molar-refractivity contribution < 1.29 is 14.8 Å². The van der Waals surface area contributed by atoms with Crippen LogP contribution < -0.4 is 4.74 Å². The lowest BCUT2D eigenvalue weighted by atomic mass is 9.95. The molecule has 0 aromatic heterocycles. The lowest BCUT2D eigenvalue weighted by Gasteiger charge is -2.03. The normalized spacial score (nSPS) is 9.58. The minimum absolute atomic E-state index is 0.137. The number of benzene rings is 1. The molecule has 0 saturated heterocycles. The van der Waals surface area contributed by atoms with Crippen molar-refractivity contribution in [3.63, 3.8) is 0 Å². The molecule has 3 nitrogen and oxygen atoms in total. The molecule has 0 unspecified atom stereocenters. The van der Waals surface area contributed by atoms with Crippen molar-refractivity contribution >= 4 is 18.7 Å². The van der Waals surface area contributed by atoms with Crippen LogP contribution in [0.5, 0.6) is 5.75 Å². The molecule has 0 saturated carbocycles. The maximum absolute atomic E-state index is 8.47. The maximum Gasteiger partial charge on any atom is 0.491 e. The topological polar surface area (TPSA) is 49.7 Å². The van der Waals surface area contributed by atoms with Crippen molar-refractivity contribution in [1.82, 2.24) is 0 Å². The van der Waals surface area contributed by atoms with Crippen molar-refractivity contribution in [3.05, 3.63) is 29.3 Å². The third kappa shape index (κ3) is 3.13. The van der Waals surface area contributed by atoms with Gasteiger partial charge >= 0.3 is 7.12 Å². The Kier molecular flexibility index (Phi) is 3.40.